The first kappa shape index (κ1) is 17.9. The number of nitrogens with one attached hydrogen (secondary N) is 1. The molecular weight excluding hydrogens is 350 g/mol. The molecule has 3 aromatic rings. The molecule has 134 valence electrons. The van der Waals surface area contributed by atoms with Gasteiger partial charge in [-0.25, -0.2) is 4.79 Å². The predicted octanol–water partition coefficient (Wildman–Crippen LogP) is 4.02. The van der Waals surface area contributed by atoms with Crippen LogP contribution in [0.15, 0.2) is 58.3 Å². The fourth-order valence-electron chi connectivity index (χ4n) is 2.66. The van der Waals surface area contributed by atoms with Crippen molar-refractivity contribution >= 4 is 23.2 Å². The van der Waals surface area contributed by atoms with E-state index in [9.17, 15) is 9.59 Å². The lowest BCUT2D eigenvalue weighted by atomic mass is 10.1. The normalized spacial score (nSPS) is 11.8. The van der Waals surface area contributed by atoms with Gasteiger partial charge < -0.3 is 14.5 Å². The van der Waals surface area contributed by atoms with E-state index in [0.717, 1.165) is 10.4 Å². The molecule has 0 saturated carbocycles. The van der Waals surface area contributed by atoms with E-state index in [1.807, 2.05) is 47.8 Å². The number of benzene rings is 1. The summed E-state index contributed by atoms with van der Waals surface area (Å²) in [6.45, 7) is 3.09. The number of amides is 1. The number of hydrogen-bond donors (Lipinski definition) is 1. The third-order valence-corrected chi connectivity index (χ3v) is 4.80. The second kappa shape index (κ2) is 8.01. The van der Waals surface area contributed by atoms with Crippen LogP contribution in [0.2, 0.25) is 0 Å². The number of aryl methyl sites for hydroxylation is 2. The Morgan fingerprint density at radius 1 is 1.15 bits per heavy atom. The highest BCUT2D eigenvalue weighted by atomic mass is 32.1. The second-order valence-corrected chi connectivity index (χ2v) is 6.81. The lowest BCUT2D eigenvalue weighted by Crippen LogP contribution is -2.32. The van der Waals surface area contributed by atoms with Crippen LogP contribution in [-0.2, 0) is 9.53 Å². The van der Waals surface area contributed by atoms with E-state index < -0.39 is 5.97 Å². The number of rotatable bonds is 6. The van der Waals surface area contributed by atoms with Crippen LogP contribution >= 0.6 is 11.3 Å². The highest BCUT2D eigenvalue weighted by molar-refractivity contribution is 7.10. The summed E-state index contributed by atoms with van der Waals surface area (Å²) < 4.78 is 10.4. The van der Waals surface area contributed by atoms with Crippen molar-refractivity contribution in [3.63, 3.8) is 0 Å². The topological polar surface area (TPSA) is 68.5 Å². The minimum absolute atomic E-state index is 0.277. The molecule has 6 heteroatoms. The van der Waals surface area contributed by atoms with E-state index in [0.29, 0.717) is 17.1 Å². The average molecular weight is 369 g/mol. The van der Waals surface area contributed by atoms with Gasteiger partial charge in [0.25, 0.3) is 5.91 Å². The smallest absolute Gasteiger partial charge is 0.342 e. The number of furan rings is 1. The molecular formula is C20H19NO4S. The number of esters is 1. The first-order chi connectivity index (χ1) is 12.5. The first-order valence-electron chi connectivity index (χ1n) is 8.16. The number of thiophene rings is 1. The Hall–Kier alpha value is -2.86. The molecule has 0 aliphatic carbocycles. The summed E-state index contributed by atoms with van der Waals surface area (Å²) >= 11 is 1.56. The molecule has 1 amide bonds. The predicted molar refractivity (Wildman–Crippen MR) is 99.2 cm³/mol. The monoisotopic (exact) mass is 369 g/mol. The second-order valence-electron chi connectivity index (χ2n) is 5.83. The Labute approximate surface area is 155 Å². The quantitative estimate of drug-likeness (QED) is 0.666. The van der Waals surface area contributed by atoms with Crippen LogP contribution in [0, 0.1) is 13.8 Å². The lowest BCUT2D eigenvalue weighted by molar-refractivity contribution is -0.124. The fraction of sp³-hybridized carbons (Fsp3) is 0.200. The maximum Gasteiger partial charge on any atom is 0.342 e. The standard InChI is InChI=1S/C20H19NO4S/c1-13-11-16(14(2)25-13)20(23)24-12-18(22)21-19(17-9-6-10-26-17)15-7-4-3-5-8-15/h3-11,19H,12H2,1-2H3,(H,21,22)/t19-/m1/s1. The maximum absolute atomic E-state index is 12.3. The van der Waals surface area contributed by atoms with Gasteiger partial charge in [0.15, 0.2) is 6.61 Å². The molecule has 3 rings (SSSR count). The molecule has 0 radical (unpaired) electrons. The van der Waals surface area contributed by atoms with Crippen LogP contribution in [0.1, 0.15) is 38.4 Å². The summed E-state index contributed by atoms with van der Waals surface area (Å²) in [7, 11) is 0. The van der Waals surface area contributed by atoms with Gasteiger partial charge in [0.2, 0.25) is 0 Å². The van der Waals surface area contributed by atoms with Crippen LogP contribution in [-0.4, -0.2) is 18.5 Å². The van der Waals surface area contributed by atoms with Crippen molar-refractivity contribution in [3.05, 3.63) is 81.4 Å². The third kappa shape index (κ3) is 4.21. The lowest BCUT2D eigenvalue weighted by Gasteiger charge is -2.18. The van der Waals surface area contributed by atoms with E-state index >= 15 is 0 Å². The van der Waals surface area contributed by atoms with Crippen LogP contribution in [0.3, 0.4) is 0 Å². The Morgan fingerprint density at radius 3 is 2.54 bits per heavy atom. The first-order valence-corrected chi connectivity index (χ1v) is 9.04. The van der Waals surface area contributed by atoms with Crippen LogP contribution in [0.5, 0.6) is 0 Å². The molecule has 0 aliphatic heterocycles. The molecule has 0 unspecified atom stereocenters. The molecule has 0 aliphatic rings. The van der Waals surface area contributed by atoms with Crippen molar-refractivity contribution in [2.24, 2.45) is 0 Å². The van der Waals surface area contributed by atoms with Gasteiger partial charge in [0.1, 0.15) is 17.1 Å². The Balaban J connectivity index is 1.65. The summed E-state index contributed by atoms with van der Waals surface area (Å²) in [5, 5.41) is 4.89. The molecule has 26 heavy (non-hydrogen) atoms. The van der Waals surface area contributed by atoms with Gasteiger partial charge in [0.05, 0.1) is 6.04 Å². The van der Waals surface area contributed by atoms with Crippen molar-refractivity contribution in [1.82, 2.24) is 5.32 Å². The Kier molecular flexibility index (Phi) is 5.53. The number of ether oxygens (including phenoxy) is 1. The van der Waals surface area contributed by atoms with Crippen molar-refractivity contribution in [2.75, 3.05) is 6.61 Å². The summed E-state index contributed by atoms with van der Waals surface area (Å²) in [6, 6.07) is 14.9. The zero-order valence-corrected chi connectivity index (χ0v) is 15.3. The highest BCUT2D eigenvalue weighted by Crippen LogP contribution is 2.25. The van der Waals surface area contributed by atoms with E-state index in [2.05, 4.69) is 5.32 Å². The van der Waals surface area contributed by atoms with E-state index in [1.54, 1.807) is 31.3 Å². The van der Waals surface area contributed by atoms with Crippen molar-refractivity contribution in [3.8, 4) is 0 Å². The van der Waals surface area contributed by atoms with Crippen molar-refractivity contribution in [1.29, 1.82) is 0 Å². The number of hydrogen-bond acceptors (Lipinski definition) is 5. The summed E-state index contributed by atoms with van der Waals surface area (Å²) in [5.41, 5.74) is 1.31. The van der Waals surface area contributed by atoms with Gasteiger partial charge in [0, 0.05) is 4.88 Å². The zero-order chi connectivity index (χ0) is 18.5. The van der Waals surface area contributed by atoms with Gasteiger partial charge in [-0.2, -0.15) is 0 Å². The molecule has 0 bridgehead atoms. The fourth-order valence-corrected chi connectivity index (χ4v) is 3.47. The van der Waals surface area contributed by atoms with Crippen molar-refractivity contribution in [2.45, 2.75) is 19.9 Å². The molecule has 0 fully saturated rings. The largest absolute Gasteiger partial charge is 0.466 e. The van der Waals surface area contributed by atoms with Crippen LogP contribution in [0.4, 0.5) is 0 Å². The zero-order valence-electron chi connectivity index (χ0n) is 14.5. The highest BCUT2D eigenvalue weighted by Gasteiger charge is 2.20. The van der Waals surface area contributed by atoms with E-state index in [-0.39, 0.29) is 18.6 Å². The van der Waals surface area contributed by atoms with Gasteiger partial charge in [-0.1, -0.05) is 36.4 Å². The minimum atomic E-state index is -0.568. The number of carbonyl (C=O) groups is 2. The molecule has 1 N–H and O–H groups in total. The minimum Gasteiger partial charge on any atom is -0.466 e. The number of carbonyl (C=O) groups excluding carboxylic acids is 2. The van der Waals surface area contributed by atoms with Crippen LogP contribution in [0.25, 0.3) is 0 Å². The molecule has 2 heterocycles. The molecule has 2 aromatic heterocycles. The molecule has 0 spiro atoms. The average Bonchev–Trinajstić information content (AvgIpc) is 3.28. The van der Waals surface area contributed by atoms with Gasteiger partial charge in [-0.15, -0.1) is 11.3 Å². The Morgan fingerprint density at radius 2 is 1.92 bits per heavy atom. The molecule has 5 nitrogen and oxygen atoms in total. The van der Waals surface area contributed by atoms with Crippen LogP contribution < -0.4 is 5.32 Å². The SMILES string of the molecule is Cc1cc(C(=O)OCC(=O)N[C@H](c2ccccc2)c2cccs2)c(C)o1. The van der Waals surface area contributed by atoms with E-state index in [1.165, 1.54) is 0 Å². The summed E-state index contributed by atoms with van der Waals surface area (Å²) in [5.74, 6) is 0.176. The summed E-state index contributed by atoms with van der Waals surface area (Å²) in [4.78, 5) is 25.5. The third-order valence-electron chi connectivity index (χ3n) is 3.86. The van der Waals surface area contributed by atoms with Gasteiger partial charge >= 0.3 is 5.97 Å². The summed E-state index contributed by atoms with van der Waals surface area (Å²) in [6.07, 6.45) is 0. The van der Waals surface area contributed by atoms with Crippen molar-refractivity contribution < 1.29 is 18.7 Å². The molecule has 1 atom stereocenters. The van der Waals surface area contributed by atoms with Gasteiger partial charge in [-0.3, -0.25) is 4.79 Å². The Bertz CT molecular complexity index is 884. The van der Waals surface area contributed by atoms with E-state index in [4.69, 9.17) is 9.15 Å². The van der Waals surface area contributed by atoms with Gasteiger partial charge in [-0.05, 0) is 36.9 Å². The maximum atomic E-state index is 12.3. The molecule has 1 aromatic carbocycles. The molecule has 0 saturated heterocycles.